The molecule has 1 aromatic carbocycles. The number of pyridine rings is 1. The summed E-state index contributed by atoms with van der Waals surface area (Å²) in [5, 5.41) is 14.9. The second kappa shape index (κ2) is 9.87. The van der Waals surface area contributed by atoms with E-state index in [2.05, 4.69) is 15.6 Å². The van der Waals surface area contributed by atoms with Gasteiger partial charge in [-0.25, -0.2) is 4.98 Å². The summed E-state index contributed by atoms with van der Waals surface area (Å²) in [6.45, 7) is 1.58. The van der Waals surface area contributed by atoms with Gasteiger partial charge in [0, 0.05) is 24.4 Å². The van der Waals surface area contributed by atoms with Gasteiger partial charge in [-0.05, 0) is 43.3 Å². The van der Waals surface area contributed by atoms with E-state index in [0.717, 1.165) is 0 Å². The highest BCUT2D eigenvalue weighted by Gasteiger charge is 2.16. The van der Waals surface area contributed by atoms with E-state index in [1.165, 1.54) is 6.08 Å². The highest BCUT2D eigenvalue weighted by molar-refractivity contribution is 6.31. The van der Waals surface area contributed by atoms with Gasteiger partial charge in [0.2, 0.25) is 0 Å². The van der Waals surface area contributed by atoms with Crippen LogP contribution in [0.15, 0.2) is 70.9 Å². The molecule has 2 amide bonds. The Hall–Kier alpha value is -3.42. The van der Waals surface area contributed by atoms with Crippen molar-refractivity contribution in [3.63, 3.8) is 0 Å². The van der Waals surface area contributed by atoms with Crippen LogP contribution >= 0.6 is 11.6 Å². The number of benzene rings is 1. The van der Waals surface area contributed by atoms with Crippen molar-refractivity contribution in [2.24, 2.45) is 0 Å². The smallest absolute Gasteiger partial charge is 0.268 e. The van der Waals surface area contributed by atoms with Gasteiger partial charge in [-0.15, -0.1) is 0 Å². The number of carbonyl (C=O) groups is 2. The summed E-state index contributed by atoms with van der Waals surface area (Å²) in [6, 6.07) is 15.3. The van der Waals surface area contributed by atoms with E-state index in [0.29, 0.717) is 22.6 Å². The SMILES string of the molecule is C[C@@H](O)CNC(=O)/C(=C\c1ccc(-c2cccnc2Cl)o1)NC(=O)c1ccccc1. The molecule has 1 atom stereocenters. The van der Waals surface area contributed by atoms with E-state index < -0.39 is 17.9 Å². The first-order chi connectivity index (χ1) is 14.4. The highest BCUT2D eigenvalue weighted by Crippen LogP contribution is 2.28. The number of nitrogens with zero attached hydrogens (tertiary/aromatic N) is 1. The minimum absolute atomic E-state index is 0.0253. The predicted molar refractivity (Wildman–Crippen MR) is 114 cm³/mol. The molecule has 2 aromatic heterocycles. The molecule has 30 heavy (non-hydrogen) atoms. The van der Waals surface area contributed by atoms with Crippen LogP contribution < -0.4 is 10.6 Å². The third-order valence-electron chi connectivity index (χ3n) is 4.02. The number of aliphatic hydroxyl groups excluding tert-OH is 1. The number of aromatic nitrogens is 1. The normalized spacial score (nSPS) is 12.3. The standard InChI is InChI=1S/C22H20ClN3O4/c1-14(27)13-25-22(29)18(26-21(28)15-6-3-2-4-7-15)12-16-9-10-19(30-16)17-8-5-11-24-20(17)23/h2-12,14,27H,13H2,1H3,(H,25,29)(H,26,28)/b18-12+/t14-/m1/s1. The highest BCUT2D eigenvalue weighted by atomic mass is 35.5. The maximum Gasteiger partial charge on any atom is 0.268 e. The van der Waals surface area contributed by atoms with Gasteiger partial charge >= 0.3 is 0 Å². The molecule has 0 radical (unpaired) electrons. The van der Waals surface area contributed by atoms with Crippen molar-refractivity contribution in [3.05, 3.63) is 83.0 Å². The summed E-state index contributed by atoms with van der Waals surface area (Å²) in [6.07, 6.45) is 2.24. The number of halogens is 1. The van der Waals surface area contributed by atoms with Crippen LogP contribution in [0.1, 0.15) is 23.0 Å². The number of rotatable bonds is 7. The molecule has 0 spiro atoms. The summed E-state index contributed by atoms with van der Waals surface area (Å²) in [7, 11) is 0. The van der Waals surface area contributed by atoms with Gasteiger partial charge in [0.1, 0.15) is 22.4 Å². The molecule has 0 saturated heterocycles. The molecule has 0 bridgehead atoms. The molecule has 8 heteroatoms. The van der Waals surface area contributed by atoms with Crippen molar-refractivity contribution in [3.8, 4) is 11.3 Å². The van der Waals surface area contributed by atoms with Crippen LogP contribution in [0.3, 0.4) is 0 Å². The van der Waals surface area contributed by atoms with Gasteiger partial charge < -0.3 is 20.2 Å². The van der Waals surface area contributed by atoms with Crippen LogP contribution in [0.4, 0.5) is 0 Å². The Balaban J connectivity index is 1.87. The van der Waals surface area contributed by atoms with Gasteiger partial charge in [0.25, 0.3) is 11.8 Å². The average Bonchev–Trinajstić information content (AvgIpc) is 3.20. The number of hydrogen-bond acceptors (Lipinski definition) is 5. The zero-order valence-electron chi connectivity index (χ0n) is 16.1. The second-order valence-electron chi connectivity index (χ2n) is 6.48. The number of nitrogens with one attached hydrogen (secondary N) is 2. The van der Waals surface area contributed by atoms with E-state index in [4.69, 9.17) is 16.0 Å². The largest absolute Gasteiger partial charge is 0.457 e. The number of furan rings is 1. The molecule has 0 aliphatic rings. The van der Waals surface area contributed by atoms with E-state index in [1.54, 1.807) is 67.7 Å². The molecule has 3 rings (SSSR count). The lowest BCUT2D eigenvalue weighted by Gasteiger charge is -2.11. The zero-order valence-corrected chi connectivity index (χ0v) is 16.9. The topological polar surface area (TPSA) is 104 Å². The lowest BCUT2D eigenvalue weighted by atomic mass is 10.2. The van der Waals surface area contributed by atoms with Crippen LogP contribution in [0.5, 0.6) is 0 Å². The number of carbonyl (C=O) groups excluding carboxylic acids is 2. The average molecular weight is 426 g/mol. The Bertz CT molecular complexity index is 1060. The molecule has 154 valence electrons. The van der Waals surface area contributed by atoms with E-state index in [9.17, 15) is 14.7 Å². The maximum atomic E-state index is 12.6. The summed E-state index contributed by atoms with van der Waals surface area (Å²) in [5.41, 5.74) is 0.976. The fraction of sp³-hybridized carbons (Fsp3) is 0.136. The summed E-state index contributed by atoms with van der Waals surface area (Å²) < 4.78 is 5.76. The molecule has 0 unspecified atom stereocenters. The van der Waals surface area contributed by atoms with Crippen LogP contribution in [0.2, 0.25) is 5.15 Å². The molecule has 2 heterocycles. The molecule has 0 aliphatic carbocycles. The van der Waals surface area contributed by atoms with Gasteiger partial charge in [0.05, 0.1) is 11.7 Å². The minimum atomic E-state index is -0.733. The first kappa shape index (κ1) is 21.3. The second-order valence-corrected chi connectivity index (χ2v) is 6.84. The van der Waals surface area contributed by atoms with Crippen molar-refractivity contribution in [2.75, 3.05) is 6.54 Å². The number of amides is 2. The Morgan fingerprint density at radius 3 is 2.63 bits per heavy atom. The van der Waals surface area contributed by atoms with Crippen LogP contribution in [-0.2, 0) is 4.79 Å². The van der Waals surface area contributed by atoms with Crippen LogP contribution in [-0.4, -0.2) is 34.6 Å². The zero-order chi connectivity index (χ0) is 21.5. The molecular formula is C22H20ClN3O4. The number of aliphatic hydroxyl groups is 1. The molecule has 0 aliphatic heterocycles. The van der Waals surface area contributed by atoms with Crippen LogP contribution in [0.25, 0.3) is 17.4 Å². The van der Waals surface area contributed by atoms with Gasteiger partial charge in [0.15, 0.2) is 0 Å². The number of hydrogen-bond donors (Lipinski definition) is 3. The van der Waals surface area contributed by atoms with Crippen molar-refractivity contribution < 1.29 is 19.1 Å². The third kappa shape index (κ3) is 5.56. The monoisotopic (exact) mass is 425 g/mol. The Morgan fingerprint density at radius 1 is 1.17 bits per heavy atom. The predicted octanol–water partition coefficient (Wildman–Crippen LogP) is 3.26. The van der Waals surface area contributed by atoms with E-state index >= 15 is 0 Å². The van der Waals surface area contributed by atoms with Crippen LogP contribution in [0, 0.1) is 0 Å². The first-order valence-corrected chi connectivity index (χ1v) is 9.57. The fourth-order valence-corrected chi connectivity index (χ4v) is 2.78. The van der Waals surface area contributed by atoms with Crippen molar-refractivity contribution >= 4 is 29.5 Å². The van der Waals surface area contributed by atoms with Crippen molar-refractivity contribution in [1.82, 2.24) is 15.6 Å². The van der Waals surface area contributed by atoms with Crippen molar-refractivity contribution in [1.29, 1.82) is 0 Å². The minimum Gasteiger partial charge on any atom is -0.457 e. The lowest BCUT2D eigenvalue weighted by molar-refractivity contribution is -0.118. The van der Waals surface area contributed by atoms with E-state index in [1.807, 2.05) is 0 Å². The van der Waals surface area contributed by atoms with Crippen molar-refractivity contribution in [2.45, 2.75) is 13.0 Å². The lowest BCUT2D eigenvalue weighted by Crippen LogP contribution is -2.37. The Labute approximate surface area is 178 Å². The first-order valence-electron chi connectivity index (χ1n) is 9.19. The summed E-state index contributed by atoms with van der Waals surface area (Å²) in [5.74, 6) is -0.202. The maximum absolute atomic E-state index is 12.6. The molecular weight excluding hydrogens is 406 g/mol. The molecule has 3 aromatic rings. The molecule has 7 nitrogen and oxygen atoms in total. The summed E-state index contributed by atoms with van der Waals surface area (Å²) >= 11 is 6.10. The Morgan fingerprint density at radius 2 is 1.93 bits per heavy atom. The molecule has 3 N–H and O–H groups in total. The molecule has 0 saturated carbocycles. The third-order valence-corrected chi connectivity index (χ3v) is 4.33. The quantitative estimate of drug-likeness (QED) is 0.398. The fourth-order valence-electron chi connectivity index (χ4n) is 2.57. The summed E-state index contributed by atoms with van der Waals surface area (Å²) in [4.78, 5) is 29.1. The Kier molecular flexibility index (Phi) is 7.00. The molecule has 0 fully saturated rings. The van der Waals surface area contributed by atoms with Gasteiger partial charge in [-0.3, -0.25) is 9.59 Å². The van der Waals surface area contributed by atoms with Gasteiger partial charge in [-0.2, -0.15) is 0 Å². The van der Waals surface area contributed by atoms with Gasteiger partial charge in [-0.1, -0.05) is 29.8 Å². The van der Waals surface area contributed by atoms with E-state index in [-0.39, 0.29) is 17.4 Å².